The van der Waals surface area contributed by atoms with E-state index in [1.165, 1.54) is 6.42 Å². The van der Waals surface area contributed by atoms with Gasteiger partial charge in [0.1, 0.15) is 0 Å². The second-order valence-electron chi connectivity index (χ2n) is 6.74. The third-order valence-corrected chi connectivity index (χ3v) is 5.97. The van der Waals surface area contributed by atoms with Crippen LogP contribution in [0.2, 0.25) is 0 Å². The summed E-state index contributed by atoms with van der Waals surface area (Å²) in [5.41, 5.74) is -0.214. The Morgan fingerprint density at radius 3 is 1.95 bits per heavy atom. The van der Waals surface area contributed by atoms with E-state index in [2.05, 4.69) is 46.4 Å². The van der Waals surface area contributed by atoms with Crippen molar-refractivity contribution in [2.24, 2.45) is 17.8 Å². The Kier molecular flexibility index (Phi) is 6.71. The lowest BCUT2D eigenvalue weighted by atomic mass is 9.69. The fourth-order valence-corrected chi connectivity index (χ4v) is 4.20. The average Bonchev–Trinajstić information content (AvgIpc) is 2.47. The smallest absolute Gasteiger partial charge is 0.156 e. The molecule has 3 unspecified atom stereocenters. The Morgan fingerprint density at radius 2 is 1.55 bits per heavy atom. The number of carbonyl (C=O) groups excluding carboxylic acids is 1. The van der Waals surface area contributed by atoms with Crippen molar-refractivity contribution in [2.75, 3.05) is 13.1 Å². The van der Waals surface area contributed by atoms with Crippen LogP contribution >= 0.6 is 0 Å². The van der Waals surface area contributed by atoms with Crippen LogP contribution in [0.15, 0.2) is 0 Å². The van der Waals surface area contributed by atoms with E-state index in [1.807, 2.05) is 0 Å². The summed E-state index contributed by atoms with van der Waals surface area (Å²) in [4.78, 5) is 15.7. The van der Waals surface area contributed by atoms with Gasteiger partial charge >= 0.3 is 0 Å². The van der Waals surface area contributed by atoms with Gasteiger partial charge in [0, 0.05) is 5.92 Å². The van der Waals surface area contributed by atoms with Crippen molar-refractivity contribution in [2.45, 2.75) is 79.2 Å². The molecule has 0 heterocycles. The molecular weight excluding hydrogens is 246 g/mol. The Morgan fingerprint density at radius 1 is 1.00 bits per heavy atom. The minimum Gasteiger partial charge on any atom is -0.297 e. The monoisotopic (exact) mass is 281 g/mol. The molecule has 20 heavy (non-hydrogen) atoms. The van der Waals surface area contributed by atoms with Crippen LogP contribution in [0.25, 0.3) is 0 Å². The molecular formula is C18H35NO. The summed E-state index contributed by atoms with van der Waals surface area (Å²) in [6.07, 6.45) is 5.32. The molecule has 2 nitrogen and oxygen atoms in total. The van der Waals surface area contributed by atoms with Gasteiger partial charge in [-0.2, -0.15) is 0 Å². The molecule has 0 radical (unpaired) electrons. The molecule has 0 saturated heterocycles. The molecule has 0 amide bonds. The standard InChI is InChI=1S/C18H35NO/c1-7-18(8-2,19(9-3)10-4)17(20)16-12-11-14(5)15(6)13-16/h14-16H,7-13H2,1-6H3. The third-order valence-electron chi connectivity index (χ3n) is 5.97. The first-order valence-electron chi connectivity index (χ1n) is 8.76. The highest BCUT2D eigenvalue weighted by Crippen LogP contribution is 2.38. The maximum absolute atomic E-state index is 13.3. The SMILES string of the molecule is CCN(CC)C(CC)(CC)C(=O)C1CCC(C)C(C)C1. The quantitative estimate of drug-likeness (QED) is 0.683. The van der Waals surface area contributed by atoms with E-state index in [4.69, 9.17) is 0 Å². The molecule has 1 saturated carbocycles. The minimum absolute atomic E-state index is 0.214. The van der Waals surface area contributed by atoms with Crippen LogP contribution < -0.4 is 0 Å². The maximum atomic E-state index is 13.3. The first-order valence-corrected chi connectivity index (χ1v) is 8.76. The van der Waals surface area contributed by atoms with Crippen LogP contribution in [0.5, 0.6) is 0 Å². The molecule has 2 heteroatoms. The van der Waals surface area contributed by atoms with Crippen LogP contribution in [-0.4, -0.2) is 29.3 Å². The van der Waals surface area contributed by atoms with Gasteiger partial charge in [-0.1, -0.05) is 41.5 Å². The highest BCUT2D eigenvalue weighted by molar-refractivity contribution is 5.90. The summed E-state index contributed by atoms with van der Waals surface area (Å²) in [6.45, 7) is 15.4. The van der Waals surface area contributed by atoms with Crippen LogP contribution in [-0.2, 0) is 4.79 Å². The van der Waals surface area contributed by atoms with Gasteiger partial charge in [-0.05, 0) is 57.0 Å². The van der Waals surface area contributed by atoms with Gasteiger partial charge in [0.25, 0.3) is 0 Å². The van der Waals surface area contributed by atoms with Crippen LogP contribution in [0.1, 0.15) is 73.6 Å². The summed E-state index contributed by atoms with van der Waals surface area (Å²) in [5.74, 6) is 2.30. The van der Waals surface area contributed by atoms with Gasteiger partial charge in [-0.25, -0.2) is 0 Å². The number of hydrogen-bond acceptors (Lipinski definition) is 2. The lowest BCUT2D eigenvalue weighted by Gasteiger charge is -2.44. The number of likely N-dealkylation sites (N-methyl/N-ethyl adjacent to an activating group) is 1. The van der Waals surface area contributed by atoms with Crippen molar-refractivity contribution in [1.82, 2.24) is 4.90 Å². The summed E-state index contributed by atoms with van der Waals surface area (Å²) < 4.78 is 0. The van der Waals surface area contributed by atoms with Crippen molar-refractivity contribution in [3.63, 3.8) is 0 Å². The molecule has 1 aliphatic carbocycles. The van der Waals surface area contributed by atoms with E-state index < -0.39 is 0 Å². The fraction of sp³-hybridized carbons (Fsp3) is 0.944. The molecule has 0 bridgehead atoms. The highest BCUT2D eigenvalue weighted by atomic mass is 16.1. The van der Waals surface area contributed by atoms with Crippen molar-refractivity contribution < 1.29 is 4.79 Å². The fourth-order valence-electron chi connectivity index (χ4n) is 4.20. The van der Waals surface area contributed by atoms with Crippen molar-refractivity contribution in [1.29, 1.82) is 0 Å². The first-order chi connectivity index (χ1) is 9.46. The van der Waals surface area contributed by atoms with Gasteiger partial charge in [0.2, 0.25) is 0 Å². The van der Waals surface area contributed by atoms with E-state index >= 15 is 0 Å². The van der Waals surface area contributed by atoms with Crippen LogP contribution in [0, 0.1) is 17.8 Å². The number of Topliss-reactive ketones (excluding diaryl/α,β-unsaturated/α-hetero) is 1. The molecule has 1 rings (SSSR count). The Balaban J connectivity index is 2.94. The maximum Gasteiger partial charge on any atom is 0.156 e. The Bertz CT molecular complexity index is 305. The van der Waals surface area contributed by atoms with Gasteiger partial charge in [-0.3, -0.25) is 9.69 Å². The largest absolute Gasteiger partial charge is 0.297 e. The van der Waals surface area contributed by atoms with Crippen LogP contribution in [0.4, 0.5) is 0 Å². The zero-order valence-corrected chi connectivity index (χ0v) is 14.5. The average molecular weight is 281 g/mol. The number of ketones is 1. The second kappa shape index (κ2) is 7.59. The third kappa shape index (κ3) is 3.27. The summed E-state index contributed by atoms with van der Waals surface area (Å²) in [7, 11) is 0. The topological polar surface area (TPSA) is 20.3 Å². The number of hydrogen-bond donors (Lipinski definition) is 0. The van der Waals surface area contributed by atoms with Crippen molar-refractivity contribution >= 4 is 5.78 Å². The molecule has 0 aromatic carbocycles. The highest BCUT2D eigenvalue weighted by Gasteiger charge is 2.44. The van der Waals surface area contributed by atoms with E-state index in [9.17, 15) is 4.79 Å². The molecule has 3 atom stereocenters. The van der Waals surface area contributed by atoms with E-state index in [0.29, 0.717) is 17.6 Å². The lowest BCUT2D eigenvalue weighted by Crippen LogP contribution is -2.56. The number of carbonyl (C=O) groups is 1. The predicted octanol–water partition coefficient (Wildman–Crippen LogP) is 4.53. The Hall–Kier alpha value is -0.370. The van der Waals surface area contributed by atoms with E-state index in [0.717, 1.165) is 44.7 Å². The summed E-state index contributed by atoms with van der Waals surface area (Å²) in [6, 6.07) is 0. The molecule has 1 fully saturated rings. The number of rotatable bonds is 7. The van der Waals surface area contributed by atoms with Gasteiger partial charge in [0.15, 0.2) is 5.78 Å². The van der Waals surface area contributed by atoms with Crippen molar-refractivity contribution in [3.05, 3.63) is 0 Å². The first kappa shape index (κ1) is 17.7. The van der Waals surface area contributed by atoms with Crippen LogP contribution in [0.3, 0.4) is 0 Å². The predicted molar refractivity (Wildman–Crippen MR) is 86.9 cm³/mol. The summed E-state index contributed by atoms with van der Waals surface area (Å²) >= 11 is 0. The lowest BCUT2D eigenvalue weighted by molar-refractivity contribution is -0.138. The van der Waals surface area contributed by atoms with Gasteiger partial charge in [0.05, 0.1) is 5.54 Å². The zero-order valence-electron chi connectivity index (χ0n) is 14.5. The summed E-state index contributed by atoms with van der Waals surface area (Å²) in [5, 5.41) is 0. The minimum atomic E-state index is -0.214. The van der Waals surface area contributed by atoms with E-state index in [1.54, 1.807) is 0 Å². The van der Waals surface area contributed by atoms with Gasteiger partial charge in [-0.15, -0.1) is 0 Å². The Labute approximate surface area is 126 Å². The normalized spacial score (nSPS) is 27.9. The molecule has 118 valence electrons. The zero-order chi connectivity index (χ0) is 15.3. The van der Waals surface area contributed by atoms with E-state index in [-0.39, 0.29) is 5.54 Å². The molecule has 1 aliphatic rings. The molecule has 0 spiro atoms. The molecule has 0 N–H and O–H groups in total. The molecule has 0 aliphatic heterocycles. The molecule has 0 aromatic rings. The van der Waals surface area contributed by atoms with Crippen molar-refractivity contribution in [3.8, 4) is 0 Å². The number of nitrogens with zero attached hydrogens (tertiary/aromatic N) is 1. The second-order valence-corrected chi connectivity index (χ2v) is 6.74. The molecule has 0 aromatic heterocycles. The van der Waals surface area contributed by atoms with Gasteiger partial charge < -0.3 is 0 Å².